The van der Waals surface area contributed by atoms with Crippen LogP contribution in [0.2, 0.25) is 0 Å². The van der Waals surface area contributed by atoms with Crippen molar-refractivity contribution < 1.29 is 19.1 Å². The maximum atomic E-state index is 12.6. The highest BCUT2D eigenvalue weighted by molar-refractivity contribution is 5.95. The third kappa shape index (κ3) is 5.46. The van der Waals surface area contributed by atoms with Gasteiger partial charge < -0.3 is 20.1 Å². The molecule has 1 aliphatic carbocycles. The molecule has 0 saturated heterocycles. The second-order valence-corrected chi connectivity index (χ2v) is 6.86. The van der Waals surface area contributed by atoms with Crippen molar-refractivity contribution in [2.24, 2.45) is 5.41 Å². The Morgan fingerprint density at radius 3 is 2.56 bits per heavy atom. The lowest BCUT2D eigenvalue weighted by molar-refractivity contribution is -0.126. The molecule has 0 heterocycles. The lowest BCUT2D eigenvalue weighted by atomic mass is 9.75. The Balaban J connectivity index is 1.94. The van der Waals surface area contributed by atoms with E-state index in [1.165, 1.54) is 6.42 Å². The van der Waals surface area contributed by atoms with Crippen LogP contribution in [0, 0.1) is 12.3 Å². The number of benzene rings is 1. The molecule has 25 heavy (non-hydrogen) atoms. The van der Waals surface area contributed by atoms with Gasteiger partial charge in [-0.15, -0.1) is 0 Å². The second-order valence-electron chi connectivity index (χ2n) is 6.86. The highest BCUT2D eigenvalue weighted by Crippen LogP contribution is 2.37. The molecule has 0 spiro atoms. The SMILES string of the molecule is COCCNC(=O)Oc1ccc(NC(=O)C2(C)CCCCC2)cc1C. The van der Waals surface area contributed by atoms with E-state index in [0.717, 1.165) is 36.9 Å². The van der Waals surface area contributed by atoms with Crippen LogP contribution < -0.4 is 15.4 Å². The molecule has 0 aliphatic heterocycles. The first-order valence-corrected chi connectivity index (χ1v) is 8.81. The third-order valence-corrected chi connectivity index (χ3v) is 4.72. The molecular weight excluding hydrogens is 320 g/mol. The lowest BCUT2D eigenvalue weighted by Gasteiger charge is -2.32. The number of anilines is 1. The summed E-state index contributed by atoms with van der Waals surface area (Å²) < 4.78 is 10.1. The average Bonchev–Trinajstić information content (AvgIpc) is 2.58. The molecule has 0 unspecified atom stereocenters. The van der Waals surface area contributed by atoms with Crippen molar-refractivity contribution in [3.8, 4) is 5.75 Å². The molecule has 1 saturated carbocycles. The second kappa shape index (κ2) is 8.85. The first-order chi connectivity index (χ1) is 11.9. The van der Waals surface area contributed by atoms with Crippen LogP contribution in [0.15, 0.2) is 18.2 Å². The van der Waals surface area contributed by atoms with Gasteiger partial charge in [-0.1, -0.05) is 26.2 Å². The van der Waals surface area contributed by atoms with E-state index in [1.807, 2.05) is 19.9 Å². The summed E-state index contributed by atoms with van der Waals surface area (Å²) in [6, 6.07) is 5.28. The fourth-order valence-electron chi connectivity index (χ4n) is 3.07. The fourth-order valence-corrected chi connectivity index (χ4v) is 3.07. The third-order valence-electron chi connectivity index (χ3n) is 4.72. The van der Waals surface area contributed by atoms with Gasteiger partial charge in [-0.3, -0.25) is 4.79 Å². The van der Waals surface area contributed by atoms with Gasteiger partial charge in [0, 0.05) is 24.8 Å². The summed E-state index contributed by atoms with van der Waals surface area (Å²) in [7, 11) is 1.57. The van der Waals surface area contributed by atoms with E-state index >= 15 is 0 Å². The molecule has 2 rings (SSSR count). The van der Waals surface area contributed by atoms with Crippen molar-refractivity contribution in [1.82, 2.24) is 5.32 Å². The molecule has 2 amide bonds. The molecule has 6 nitrogen and oxygen atoms in total. The quantitative estimate of drug-likeness (QED) is 0.770. The van der Waals surface area contributed by atoms with Crippen molar-refractivity contribution in [1.29, 1.82) is 0 Å². The van der Waals surface area contributed by atoms with Crippen molar-refractivity contribution in [2.45, 2.75) is 46.0 Å². The Bertz CT molecular complexity index is 609. The summed E-state index contributed by atoms with van der Waals surface area (Å²) in [6.45, 7) is 4.70. The first-order valence-electron chi connectivity index (χ1n) is 8.81. The van der Waals surface area contributed by atoms with E-state index in [0.29, 0.717) is 18.9 Å². The monoisotopic (exact) mass is 348 g/mol. The molecule has 1 aromatic rings. The summed E-state index contributed by atoms with van der Waals surface area (Å²) in [5, 5.41) is 5.60. The van der Waals surface area contributed by atoms with Crippen LogP contribution in [0.3, 0.4) is 0 Å². The van der Waals surface area contributed by atoms with Crippen LogP contribution in [0.1, 0.15) is 44.6 Å². The molecule has 0 aromatic heterocycles. The van der Waals surface area contributed by atoms with E-state index < -0.39 is 6.09 Å². The number of ether oxygens (including phenoxy) is 2. The van der Waals surface area contributed by atoms with Gasteiger partial charge in [0.1, 0.15) is 5.75 Å². The predicted octanol–water partition coefficient (Wildman–Crippen LogP) is 3.64. The largest absolute Gasteiger partial charge is 0.412 e. The van der Waals surface area contributed by atoms with Gasteiger partial charge in [0.05, 0.1) is 6.61 Å². The Hall–Kier alpha value is -2.08. The van der Waals surface area contributed by atoms with Crippen LogP contribution in [0.4, 0.5) is 10.5 Å². The van der Waals surface area contributed by atoms with E-state index in [1.54, 1.807) is 19.2 Å². The van der Waals surface area contributed by atoms with Gasteiger partial charge in [-0.2, -0.15) is 0 Å². The molecule has 0 bridgehead atoms. The number of methoxy groups -OCH3 is 1. The maximum Gasteiger partial charge on any atom is 0.412 e. The standard InChI is InChI=1S/C19H28N2O4/c1-14-13-15(21-17(22)19(2)9-5-4-6-10-19)7-8-16(14)25-18(23)20-11-12-24-3/h7-8,13H,4-6,9-12H2,1-3H3,(H,20,23)(H,21,22). The number of hydrogen-bond donors (Lipinski definition) is 2. The van der Waals surface area contributed by atoms with Gasteiger partial charge in [0.2, 0.25) is 5.91 Å². The number of amides is 2. The number of aryl methyl sites for hydroxylation is 1. The molecule has 6 heteroatoms. The van der Waals surface area contributed by atoms with Crippen LogP contribution in [0.5, 0.6) is 5.75 Å². The lowest BCUT2D eigenvalue weighted by Crippen LogP contribution is -2.35. The minimum absolute atomic E-state index is 0.0672. The Kier molecular flexibility index (Phi) is 6.82. The molecule has 138 valence electrons. The van der Waals surface area contributed by atoms with Gasteiger partial charge in [-0.25, -0.2) is 4.79 Å². The average molecular weight is 348 g/mol. The van der Waals surface area contributed by atoms with Gasteiger partial charge >= 0.3 is 6.09 Å². The number of nitrogens with one attached hydrogen (secondary N) is 2. The van der Waals surface area contributed by atoms with Gasteiger partial charge in [-0.05, 0) is 43.5 Å². The molecule has 0 atom stereocenters. The van der Waals surface area contributed by atoms with Crippen molar-refractivity contribution in [3.63, 3.8) is 0 Å². The summed E-state index contributed by atoms with van der Waals surface area (Å²) in [5.74, 6) is 0.536. The zero-order valence-electron chi connectivity index (χ0n) is 15.3. The molecule has 2 N–H and O–H groups in total. The summed E-state index contributed by atoms with van der Waals surface area (Å²) in [5.41, 5.74) is 1.22. The molecule has 1 aliphatic rings. The smallest absolute Gasteiger partial charge is 0.410 e. The molecule has 1 aromatic carbocycles. The minimum atomic E-state index is -0.522. The fraction of sp³-hybridized carbons (Fsp3) is 0.579. The van der Waals surface area contributed by atoms with Gasteiger partial charge in [0.25, 0.3) is 0 Å². The summed E-state index contributed by atoms with van der Waals surface area (Å²) >= 11 is 0. The van der Waals surface area contributed by atoms with E-state index in [-0.39, 0.29) is 11.3 Å². The normalized spacial score (nSPS) is 16.1. The van der Waals surface area contributed by atoms with Crippen molar-refractivity contribution in [3.05, 3.63) is 23.8 Å². The Morgan fingerprint density at radius 1 is 1.20 bits per heavy atom. The molecular formula is C19H28N2O4. The summed E-state index contributed by atoms with van der Waals surface area (Å²) in [4.78, 5) is 24.3. The minimum Gasteiger partial charge on any atom is -0.410 e. The van der Waals surface area contributed by atoms with Crippen LogP contribution >= 0.6 is 0 Å². The van der Waals surface area contributed by atoms with Gasteiger partial charge in [0.15, 0.2) is 0 Å². The zero-order chi connectivity index (χ0) is 18.3. The topological polar surface area (TPSA) is 76.7 Å². The number of carbonyl (C=O) groups excluding carboxylic acids is 2. The Morgan fingerprint density at radius 2 is 1.92 bits per heavy atom. The van der Waals surface area contributed by atoms with Crippen LogP contribution in [-0.2, 0) is 9.53 Å². The van der Waals surface area contributed by atoms with E-state index in [9.17, 15) is 9.59 Å². The van der Waals surface area contributed by atoms with E-state index in [4.69, 9.17) is 9.47 Å². The highest BCUT2D eigenvalue weighted by Gasteiger charge is 2.34. The van der Waals surface area contributed by atoms with E-state index in [2.05, 4.69) is 10.6 Å². The molecule has 0 radical (unpaired) electrons. The zero-order valence-corrected chi connectivity index (χ0v) is 15.3. The molecule has 1 fully saturated rings. The van der Waals surface area contributed by atoms with Crippen molar-refractivity contribution >= 4 is 17.7 Å². The van der Waals surface area contributed by atoms with Crippen LogP contribution in [0.25, 0.3) is 0 Å². The number of rotatable bonds is 6. The summed E-state index contributed by atoms with van der Waals surface area (Å²) in [6.07, 6.45) is 4.76. The van der Waals surface area contributed by atoms with Crippen LogP contribution in [-0.4, -0.2) is 32.3 Å². The van der Waals surface area contributed by atoms with Crippen molar-refractivity contribution in [2.75, 3.05) is 25.6 Å². The highest BCUT2D eigenvalue weighted by atomic mass is 16.6. The number of carbonyl (C=O) groups is 2. The Labute approximate surface area is 149 Å². The number of hydrogen-bond acceptors (Lipinski definition) is 4. The first kappa shape index (κ1) is 19.2. The predicted molar refractivity (Wildman–Crippen MR) is 96.9 cm³/mol. The maximum absolute atomic E-state index is 12.6.